The number of aliphatic hydroxyl groups excluding tert-OH is 1. The van der Waals surface area contributed by atoms with Gasteiger partial charge in [0.25, 0.3) is 5.91 Å². The molecule has 1 unspecified atom stereocenters. The fourth-order valence-electron chi connectivity index (χ4n) is 1.78. The molecule has 4 nitrogen and oxygen atoms in total. The van der Waals surface area contributed by atoms with Crippen molar-refractivity contribution in [2.24, 2.45) is 0 Å². The van der Waals surface area contributed by atoms with Crippen LogP contribution >= 0.6 is 0 Å². The Balaban J connectivity index is 2.90. The first-order valence-electron chi connectivity index (χ1n) is 6.21. The molecule has 0 aliphatic heterocycles. The highest BCUT2D eigenvalue weighted by molar-refractivity contribution is 5.99. The van der Waals surface area contributed by atoms with Gasteiger partial charge in [0.15, 0.2) is 0 Å². The Hall–Kier alpha value is -1.55. The number of hydrogen-bond donors (Lipinski definition) is 3. The van der Waals surface area contributed by atoms with Crippen LogP contribution < -0.4 is 11.1 Å². The Morgan fingerprint density at radius 2 is 2.17 bits per heavy atom. The van der Waals surface area contributed by atoms with Gasteiger partial charge in [-0.25, -0.2) is 0 Å². The van der Waals surface area contributed by atoms with Crippen molar-refractivity contribution in [3.05, 3.63) is 29.3 Å². The van der Waals surface area contributed by atoms with E-state index >= 15 is 0 Å². The highest BCUT2D eigenvalue weighted by Gasteiger charge is 2.24. The maximum atomic E-state index is 12.2. The van der Waals surface area contributed by atoms with Gasteiger partial charge in [-0.1, -0.05) is 18.6 Å². The van der Waals surface area contributed by atoms with E-state index in [1.807, 2.05) is 26.8 Å². The third-order valence-electron chi connectivity index (χ3n) is 3.31. The number of rotatable bonds is 5. The molecule has 0 fully saturated rings. The van der Waals surface area contributed by atoms with E-state index in [4.69, 9.17) is 10.8 Å². The molecular weight excluding hydrogens is 228 g/mol. The van der Waals surface area contributed by atoms with Crippen molar-refractivity contribution in [3.63, 3.8) is 0 Å². The topological polar surface area (TPSA) is 75.3 Å². The van der Waals surface area contributed by atoms with E-state index in [2.05, 4.69) is 5.32 Å². The van der Waals surface area contributed by atoms with Crippen LogP contribution in [0.5, 0.6) is 0 Å². The van der Waals surface area contributed by atoms with E-state index in [9.17, 15) is 4.79 Å². The first kappa shape index (κ1) is 14.5. The molecule has 1 aromatic carbocycles. The summed E-state index contributed by atoms with van der Waals surface area (Å²) in [4.78, 5) is 12.2. The van der Waals surface area contributed by atoms with E-state index in [0.717, 1.165) is 12.0 Å². The van der Waals surface area contributed by atoms with Crippen molar-refractivity contribution in [2.75, 3.05) is 12.3 Å². The Morgan fingerprint density at radius 1 is 1.50 bits per heavy atom. The van der Waals surface area contributed by atoms with Crippen LogP contribution in [0.1, 0.15) is 42.6 Å². The van der Waals surface area contributed by atoms with Gasteiger partial charge in [0.2, 0.25) is 0 Å². The van der Waals surface area contributed by atoms with E-state index in [-0.39, 0.29) is 12.5 Å². The van der Waals surface area contributed by atoms with Gasteiger partial charge in [-0.05, 0) is 38.8 Å². The quantitative estimate of drug-likeness (QED) is 0.698. The standard InChI is InChI=1S/C14H22N2O2/c1-4-14(3,7-8-17)16-13(18)11-9-10(2)5-6-12(11)15/h5-6,9,17H,4,7-8,15H2,1-3H3,(H,16,18). The van der Waals surface area contributed by atoms with Crippen molar-refractivity contribution < 1.29 is 9.90 Å². The molecule has 0 aromatic heterocycles. The molecule has 0 saturated carbocycles. The van der Waals surface area contributed by atoms with Gasteiger partial charge < -0.3 is 16.2 Å². The third kappa shape index (κ3) is 3.47. The van der Waals surface area contributed by atoms with E-state index in [1.54, 1.807) is 12.1 Å². The van der Waals surface area contributed by atoms with Gasteiger partial charge in [0.1, 0.15) is 0 Å². The second-order valence-corrected chi connectivity index (χ2v) is 4.93. The number of anilines is 1. The van der Waals surface area contributed by atoms with Gasteiger partial charge in [0, 0.05) is 17.8 Å². The van der Waals surface area contributed by atoms with Crippen LogP contribution in [0, 0.1) is 6.92 Å². The molecule has 0 radical (unpaired) electrons. The van der Waals surface area contributed by atoms with Crippen LogP contribution in [0.4, 0.5) is 5.69 Å². The fourth-order valence-corrected chi connectivity index (χ4v) is 1.78. The molecule has 0 bridgehead atoms. The lowest BCUT2D eigenvalue weighted by molar-refractivity contribution is 0.0887. The van der Waals surface area contributed by atoms with Gasteiger partial charge in [0.05, 0.1) is 5.56 Å². The largest absolute Gasteiger partial charge is 0.398 e. The Kier molecular flexibility index (Phi) is 4.73. The molecule has 0 saturated heterocycles. The Labute approximate surface area is 108 Å². The monoisotopic (exact) mass is 250 g/mol. The average molecular weight is 250 g/mol. The lowest BCUT2D eigenvalue weighted by Crippen LogP contribution is -2.46. The van der Waals surface area contributed by atoms with Crippen molar-refractivity contribution in [3.8, 4) is 0 Å². The summed E-state index contributed by atoms with van der Waals surface area (Å²) in [5.41, 5.74) is 7.37. The number of nitrogen functional groups attached to an aromatic ring is 1. The second kappa shape index (κ2) is 5.87. The minimum absolute atomic E-state index is 0.0495. The molecule has 0 aliphatic rings. The van der Waals surface area contributed by atoms with Crippen LogP contribution in [-0.4, -0.2) is 23.2 Å². The lowest BCUT2D eigenvalue weighted by atomic mass is 9.94. The molecule has 100 valence electrons. The molecule has 0 spiro atoms. The molecule has 0 heterocycles. The predicted molar refractivity (Wildman–Crippen MR) is 73.5 cm³/mol. The van der Waals surface area contributed by atoms with Crippen molar-refractivity contribution in [1.82, 2.24) is 5.32 Å². The van der Waals surface area contributed by atoms with Crippen LogP contribution in [0.25, 0.3) is 0 Å². The first-order chi connectivity index (χ1) is 8.41. The van der Waals surface area contributed by atoms with Crippen LogP contribution in [-0.2, 0) is 0 Å². The summed E-state index contributed by atoms with van der Waals surface area (Å²) in [6, 6.07) is 5.39. The molecule has 1 atom stereocenters. The maximum absolute atomic E-state index is 12.2. The summed E-state index contributed by atoms with van der Waals surface area (Å²) in [6.07, 6.45) is 1.28. The summed E-state index contributed by atoms with van der Waals surface area (Å²) >= 11 is 0. The van der Waals surface area contributed by atoms with Crippen LogP contribution in [0.2, 0.25) is 0 Å². The van der Waals surface area contributed by atoms with Crippen molar-refractivity contribution in [1.29, 1.82) is 0 Å². The molecule has 4 N–H and O–H groups in total. The zero-order valence-electron chi connectivity index (χ0n) is 11.3. The minimum atomic E-state index is -0.401. The molecule has 4 heteroatoms. The third-order valence-corrected chi connectivity index (χ3v) is 3.31. The number of amides is 1. The number of carbonyl (C=O) groups excluding carboxylic acids is 1. The summed E-state index contributed by atoms with van der Waals surface area (Å²) in [6.45, 7) is 5.87. The normalized spacial score (nSPS) is 14.0. The Bertz CT molecular complexity index is 432. The molecule has 18 heavy (non-hydrogen) atoms. The van der Waals surface area contributed by atoms with Crippen molar-refractivity contribution in [2.45, 2.75) is 39.2 Å². The Morgan fingerprint density at radius 3 is 2.72 bits per heavy atom. The van der Waals surface area contributed by atoms with Gasteiger partial charge in [-0.3, -0.25) is 4.79 Å². The summed E-state index contributed by atoms with van der Waals surface area (Å²) in [5, 5.41) is 12.0. The smallest absolute Gasteiger partial charge is 0.253 e. The predicted octanol–water partition coefficient (Wildman–Crippen LogP) is 1.86. The molecule has 1 aromatic rings. The van der Waals surface area contributed by atoms with E-state index in [0.29, 0.717) is 17.7 Å². The number of carbonyl (C=O) groups is 1. The minimum Gasteiger partial charge on any atom is -0.398 e. The SMILES string of the molecule is CCC(C)(CCO)NC(=O)c1cc(C)ccc1N. The zero-order valence-corrected chi connectivity index (χ0v) is 11.3. The summed E-state index contributed by atoms with van der Waals surface area (Å²) < 4.78 is 0. The highest BCUT2D eigenvalue weighted by atomic mass is 16.3. The molecule has 1 rings (SSSR count). The fraction of sp³-hybridized carbons (Fsp3) is 0.500. The van der Waals surface area contributed by atoms with Gasteiger partial charge >= 0.3 is 0 Å². The van der Waals surface area contributed by atoms with Crippen LogP contribution in [0.15, 0.2) is 18.2 Å². The molecule has 1 amide bonds. The molecular formula is C14H22N2O2. The van der Waals surface area contributed by atoms with E-state index < -0.39 is 5.54 Å². The zero-order chi connectivity index (χ0) is 13.8. The number of nitrogens with two attached hydrogens (primary N) is 1. The number of hydrogen-bond acceptors (Lipinski definition) is 3. The average Bonchev–Trinajstić information content (AvgIpc) is 2.32. The number of nitrogens with one attached hydrogen (secondary N) is 1. The number of aliphatic hydroxyl groups is 1. The first-order valence-corrected chi connectivity index (χ1v) is 6.21. The lowest BCUT2D eigenvalue weighted by Gasteiger charge is -2.29. The van der Waals surface area contributed by atoms with Gasteiger partial charge in [-0.2, -0.15) is 0 Å². The number of aryl methyl sites for hydroxylation is 1. The summed E-state index contributed by atoms with van der Waals surface area (Å²) in [7, 11) is 0. The maximum Gasteiger partial charge on any atom is 0.253 e. The van der Waals surface area contributed by atoms with Crippen LogP contribution in [0.3, 0.4) is 0 Å². The van der Waals surface area contributed by atoms with Gasteiger partial charge in [-0.15, -0.1) is 0 Å². The molecule has 0 aliphatic carbocycles. The van der Waals surface area contributed by atoms with Crippen molar-refractivity contribution >= 4 is 11.6 Å². The highest BCUT2D eigenvalue weighted by Crippen LogP contribution is 2.18. The second-order valence-electron chi connectivity index (χ2n) is 4.93. The summed E-state index contributed by atoms with van der Waals surface area (Å²) in [5.74, 6) is -0.186. The number of benzene rings is 1. The van der Waals surface area contributed by atoms with E-state index in [1.165, 1.54) is 0 Å².